The van der Waals surface area contributed by atoms with E-state index in [0.29, 0.717) is 17.9 Å². The quantitative estimate of drug-likeness (QED) is 0.591. The summed E-state index contributed by atoms with van der Waals surface area (Å²) in [5.41, 5.74) is 8.16. The molecule has 0 bridgehead atoms. The average Bonchev–Trinajstić information content (AvgIpc) is 3.20. The molecule has 1 fully saturated rings. The summed E-state index contributed by atoms with van der Waals surface area (Å²) in [5, 5.41) is 0.648. The van der Waals surface area contributed by atoms with Crippen molar-refractivity contribution in [3.05, 3.63) is 76.8 Å². The number of hydrogen-bond donors (Lipinski definition) is 1. The second-order valence-electron chi connectivity index (χ2n) is 7.12. The number of nitrogens with two attached hydrogens (primary N) is 1. The van der Waals surface area contributed by atoms with Gasteiger partial charge in [0, 0.05) is 29.2 Å². The van der Waals surface area contributed by atoms with E-state index in [1.807, 2.05) is 54.6 Å². The van der Waals surface area contributed by atoms with Crippen molar-refractivity contribution < 1.29 is 14.4 Å². The summed E-state index contributed by atoms with van der Waals surface area (Å²) in [6, 6.07) is 17.6. The zero-order valence-electron chi connectivity index (χ0n) is 16.3. The number of hydrogen-bond acceptors (Lipinski definition) is 4. The van der Waals surface area contributed by atoms with Crippen molar-refractivity contribution >= 4 is 45.8 Å². The Labute approximate surface area is 178 Å². The minimum atomic E-state index is -0.443. The standard InChI is InChI=1S/C23H21N3O3S/c24-21(27)15-25-14-17(18-10-4-5-11-19(18)25)13-20-22(28)26(23(29)30-20)12-6-9-16-7-2-1-3-8-16/h1-5,7-8,10-11,13-14H,6,9,12,15H2,(H2,24,27)/b20-13-. The molecule has 0 unspecified atom stereocenters. The molecule has 2 heterocycles. The Morgan fingerprint density at radius 3 is 2.53 bits per heavy atom. The molecule has 0 saturated carbocycles. The fraction of sp³-hybridized carbons (Fsp3) is 0.174. The third-order valence-corrected chi connectivity index (χ3v) is 5.90. The van der Waals surface area contributed by atoms with Crippen molar-refractivity contribution in [1.29, 1.82) is 0 Å². The number of para-hydroxylation sites is 1. The Morgan fingerprint density at radius 2 is 1.77 bits per heavy atom. The van der Waals surface area contributed by atoms with E-state index in [2.05, 4.69) is 0 Å². The van der Waals surface area contributed by atoms with Crippen LogP contribution in [0.4, 0.5) is 4.79 Å². The number of nitrogens with zero attached hydrogens (tertiary/aromatic N) is 2. The van der Waals surface area contributed by atoms with Gasteiger partial charge in [-0.1, -0.05) is 48.5 Å². The number of rotatable bonds is 7. The smallest absolute Gasteiger partial charge is 0.293 e. The van der Waals surface area contributed by atoms with Crippen molar-refractivity contribution in [3.8, 4) is 0 Å². The van der Waals surface area contributed by atoms with Gasteiger partial charge in [-0.15, -0.1) is 0 Å². The highest BCUT2D eigenvalue weighted by molar-refractivity contribution is 8.18. The Kier molecular flexibility index (Phi) is 5.72. The molecule has 30 heavy (non-hydrogen) atoms. The van der Waals surface area contributed by atoms with Crippen LogP contribution in [0, 0.1) is 0 Å². The molecule has 0 aliphatic carbocycles. The number of fused-ring (bicyclic) bond motifs is 1. The van der Waals surface area contributed by atoms with Crippen molar-refractivity contribution in [2.45, 2.75) is 19.4 Å². The molecule has 1 saturated heterocycles. The molecule has 2 N–H and O–H groups in total. The van der Waals surface area contributed by atoms with Gasteiger partial charge in [0.2, 0.25) is 5.91 Å². The molecule has 7 heteroatoms. The molecule has 1 aliphatic heterocycles. The van der Waals surface area contributed by atoms with E-state index < -0.39 is 5.91 Å². The third-order valence-electron chi connectivity index (χ3n) is 5.00. The van der Waals surface area contributed by atoms with Crippen LogP contribution in [0.1, 0.15) is 17.5 Å². The molecular weight excluding hydrogens is 398 g/mol. The fourth-order valence-electron chi connectivity index (χ4n) is 3.61. The zero-order valence-corrected chi connectivity index (χ0v) is 17.1. The largest absolute Gasteiger partial charge is 0.368 e. The molecule has 4 rings (SSSR count). The van der Waals surface area contributed by atoms with Gasteiger partial charge < -0.3 is 10.3 Å². The lowest BCUT2D eigenvalue weighted by molar-refractivity contribution is -0.122. The molecule has 0 spiro atoms. The normalized spacial score (nSPS) is 15.5. The molecular formula is C23H21N3O3S. The second kappa shape index (κ2) is 8.59. The molecule has 1 aromatic heterocycles. The molecule has 3 aromatic rings. The number of aromatic nitrogens is 1. The van der Waals surface area contributed by atoms with Crippen molar-refractivity contribution in [2.24, 2.45) is 5.73 Å². The summed E-state index contributed by atoms with van der Waals surface area (Å²) in [6.07, 6.45) is 5.04. The maximum atomic E-state index is 12.8. The van der Waals surface area contributed by atoms with Gasteiger partial charge in [-0.2, -0.15) is 0 Å². The molecule has 2 aromatic carbocycles. The first-order valence-corrected chi connectivity index (χ1v) is 10.5. The topological polar surface area (TPSA) is 85.4 Å². The first kappa shape index (κ1) is 20.0. The summed E-state index contributed by atoms with van der Waals surface area (Å²) >= 11 is 0.952. The zero-order chi connectivity index (χ0) is 21.1. The number of primary amides is 1. The van der Waals surface area contributed by atoms with E-state index in [9.17, 15) is 14.4 Å². The van der Waals surface area contributed by atoms with Gasteiger partial charge >= 0.3 is 0 Å². The van der Waals surface area contributed by atoms with Crippen molar-refractivity contribution in [2.75, 3.05) is 6.54 Å². The Bertz CT molecular complexity index is 1150. The van der Waals surface area contributed by atoms with Crippen LogP contribution in [0.15, 0.2) is 65.7 Å². The lowest BCUT2D eigenvalue weighted by Crippen LogP contribution is -2.29. The predicted octanol–water partition coefficient (Wildman–Crippen LogP) is 3.80. The number of imide groups is 1. The molecule has 1 aliphatic rings. The number of carbonyl (C=O) groups excluding carboxylic acids is 3. The molecule has 0 radical (unpaired) electrons. The van der Waals surface area contributed by atoms with Crippen LogP contribution in [0.3, 0.4) is 0 Å². The minimum Gasteiger partial charge on any atom is -0.368 e. The third kappa shape index (κ3) is 4.16. The van der Waals surface area contributed by atoms with Gasteiger partial charge in [-0.05, 0) is 42.3 Å². The van der Waals surface area contributed by atoms with E-state index in [1.165, 1.54) is 10.5 Å². The van der Waals surface area contributed by atoms with Crippen LogP contribution in [0.2, 0.25) is 0 Å². The number of benzene rings is 2. The lowest BCUT2D eigenvalue weighted by atomic mass is 10.1. The van der Waals surface area contributed by atoms with Crippen LogP contribution in [-0.4, -0.2) is 33.1 Å². The average molecular weight is 420 g/mol. The number of thioether (sulfide) groups is 1. The van der Waals surface area contributed by atoms with Crippen molar-refractivity contribution in [3.63, 3.8) is 0 Å². The van der Waals surface area contributed by atoms with Crippen LogP contribution >= 0.6 is 11.8 Å². The highest BCUT2D eigenvalue weighted by Gasteiger charge is 2.34. The maximum Gasteiger partial charge on any atom is 0.293 e. The molecule has 0 atom stereocenters. The highest BCUT2D eigenvalue weighted by Crippen LogP contribution is 2.34. The first-order chi connectivity index (χ1) is 14.5. The Balaban J connectivity index is 1.53. The monoisotopic (exact) mass is 419 g/mol. The molecule has 152 valence electrons. The number of aryl methyl sites for hydroxylation is 1. The first-order valence-electron chi connectivity index (χ1n) is 9.68. The summed E-state index contributed by atoms with van der Waals surface area (Å²) in [5.74, 6) is -0.717. The van der Waals surface area contributed by atoms with Gasteiger partial charge in [0.1, 0.15) is 6.54 Å². The maximum absolute atomic E-state index is 12.8. The minimum absolute atomic E-state index is 0.0509. The Hall–Kier alpha value is -3.32. The SMILES string of the molecule is NC(=O)Cn1cc(/C=C2\SC(=O)N(CCCc3ccccc3)C2=O)c2ccccc21. The van der Waals surface area contributed by atoms with E-state index in [0.717, 1.165) is 34.6 Å². The van der Waals surface area contributed by atoms with E-state index in [-0.39, 0.29) is 17.7 Å². The van der Waals surface area contributed by atoms with Crippen molar-refractivity contribution in [1.82, 2.24) is 9.47 Å². The fourth-order valence-corrected chi connectivity index (χ4v) is 4.46. The summed E-state index contributed by atoms with van der Waals surface area (Å²) in [4.78, 5) is 38.3. The van der Waals surface area contributed by atoms with Crippen LogP contribution in [0.25, 0.3) is 17.0 Å². The molecule has 6 nitrogen and oxygen atoms in total. The van der Waals surface area contributed by atoms with Gasteiger partial charge in [0.25, 0.3) is 11.1 Å². The van der Waals surface area contributed by atoms with E-state index in [4.69, 9.17) is 5.73 Å². The van der Waals surface area contributed by atoms with Gasteiger partial charge in [0.05, 0.1) is 4.91 Å². The second-order valence-corrected chi connectivity index (χ2v) is 8.11. The molecule has 3 amide bonds. The van der Waals surface area contributed by atoms with Crippen LogP contribution in [-0.2, 0) is 22.6 Å². The summed E-state index contributed by atoms with van der Waals surface area (Å²) in [7, 11) is 0. The summed E-state index contributed by atoms with van der Waals surface area (Å²) < 4.78 is 1.76. The number of carbonyl (C=O) groups is 3. The highest BCUT2D eigenvalue weighted by atomic mass is 32.2. The van der Waals surface area contributed by atoms with Gasteiger partial charge in [-0.3, -0.25) is 19.3 Å². The van der Waals surface area contributed by atoms with E-state index in [1.54, 1.807) is 16.8 Å². The lowest BCUT2D eigenvalue weighted by Gasteiger charge is -2.12. The Morgan fingerprint density at radius 1 is 1.03 bits per heavy atom. The van der Waals surface area contributed by atoms with Crippen LogP contribution < -0.4 is 5.73 Å². The number of amides is 3. The van der Waals surface area contributed by atoms with Crippen LogP contribution in [0.5, 0.6) is 0 Å². The van der Waals surface area contributed by atoms with E-state index >= 15 is 0 Å². The predicted molar refractivity (Wildman–Crippen MR) is 119 cm³/mol. The van der Waals surface area contributed by atoms with Gasteiger partial charge in [-0.25, -0.2) is 0 Å². The van der Waals surface area contributed by atoms with Gasteiger partial charge in [0.15, 0.2) is 0 Å². The summed E-state index contributed by atoms with van der Waals surface area (Å²) in [6.45, 7) is 0.440.